The first-order valence-electron chi connectivity index (χ1n) is 5.02. The van der Waals surface area contributed by atoms with E-state index in [2.05, 4.69) is 0 Å². The fraction of sp³-hybridized carbons (Fsp3) is 0.333. The van der Waals surface area contributed by atoms with Gasteiger partial charge in [-0.15, -0.1) is 0 Å². The van der Waals surface area contributed by atoms with Gasteiger partial charge < -0.3 is 9.52 Å². The van der Waals surface area contributed by atoms with Gasteiger partial charge in [-0.05, 0) is 25.5 Å². The number of para-hydroxylation sites is 1. The van der Waals surface area contributed by atoms with Crippen molar-refractivity contribution in [3.8, 4) is 0 Å². The molecule has 0 fully saturated rings. The molecule has 0 saturated heterocycles. The normalized spacial score (nSPS) is 13.3. The van der Waals surface area contributed by atoms with Gasteiger partial charge in [0.2, 0.25) is 0 Å². The number of halogens is 1. The van der Waals surface area contributed by atoms with E-state index in [0.717, 1.165) is 23.2 Å². The second-order valence-corrected chi connectivity index (χ2v) is 4.17. The first-order valence-corrected chi connectivity index (χ1v) is 5.39. The van der Waals surface area contributed by atoms with Gasteiger partial charge >= 0.3 is 0 Å². The number of furan rings is 1. The van der Waals surface area contributed by atoms with Crippen LogP contribution in [-0.4, -0.2) is 11.2 Å². The Morgan fingerprint density at radius 1 is 1.47 bits per heavy atom. The smallest absolute Gasteiger partial charge is 0.152 e. The average Bonchev–Trinajstić information content (AvgIpc) is 2.59. The van der Waals surface area contributed by atoms with Gasteiger partial charge in [0.25, 0.3) is 0 Å². The van der Waals surface area contributed by atoms with Crippen LogP contribution in [0.15, 0.2) is 28.7 Å². The largest absolute Gasteiger partial charge is 0.460 e. The number of hydrogen-bond acceptors (Lipinski definition) is 2. The quantitative estimate of drug-likeness (QED) is 0.867. The highest BCUT2D eigenvalue weighted by Crippen LogP contribution is 2.27. The summed E-state index contributed by atoms with van der Waals surface area (Å²) in [4.78, 5) is 0. The number of rotatable bonds is 3. The summed E-state index contributed by atoms with van der Waals surface area (Å²) >= 11 is 5.99. The molecular weight excluding hydrogens is 212 g/mol. The second kappa shape index (κ2) is 4.25. The lowest BCUT2D eigenvalue weighted by atomic mass is 10.2. The van der Waals surface area contributed by atoms with Gasteiger partial charge in [-0.1, -0.05) is 23.7 Å². The first-order chi connectivity index (χ1) is 7.16. The van der Waals surface area contributed by atoms with Crippen LogP contribution in [0, 0.1) is 0 Å². The van der Waals surface area contributed by atoms with E-state index in [4.69, 9.17) is 16.0 Å². The zero-order chi connectivity index (χ0) is 10.8. The molecule has 0 radical (unpaired) electrons. The molecule has 0 aliphatic carbocycles. The summed E-state index contributed by atoms with van der Waals surface area (Å²) in [5.41, 5.74) is 0.736. The molecule has 1 atom stereocenters. The minimum atomic E-state index is -0.298. The van der Waals surface area contributed by atoms with Crippen molar-refractivity contribution in [2.24, 2.45) is 0 Å². The van der Waals surface area contributed by atoms with E-state index in [-0.39, 0.29) is 6.10 Å². The van der Waals surface area contributed by atoms with Gasteiger partial charge in [-0.2, -0.15) is 0 Å². The third-order valence-corrected chi connectivity index (χ3v) is 2.65. The molecule has 2 nitrogen and oxygen atoms in total. The van der Waals surface area contributed by atoms with Crippen LogP contribution in [0.2, 0.25) is 5.02 Å². The number of hydrogen-bond donors (Lipinski definition) is 1. The summed E-state index contributed by atoms with van der Waals surface area (Å²) in [6.45, 7) is 1.77. The van der Waals surface area contributed by atoms with Crippen molar-refractivity contribution in [1.82, 2.24) is 0 Å². The molecule has 1 N–H and O–H groups in total. The maximum atomic E-state index is 9.18. The lowest BCUT2D eigenvalue weighted by Gasteiger charge is -1.99. The number of aryl methyl sites for hydroxylation is 1. The maximum Gasteiger partial charge on any atom is 0.152 e. The van der Waals surface area contributed by atoms with Crippen LogP contribution in [0.25, 0.3) is 11.0 Å². The van der Waals surface area contributed by atoms with Crippen LogP contribution < -0.4 is 0 Å². The predicted octanol–water partition coefficient (Wildman–Crippen LogP) is 3.40. The van der Waals surface area contributed by atoms with Crippen molar-refractivity contribution < 1.29 is 9.52 Å². The Kier molecular flexibility index (Phi) is 2.98. The maximum absolute atomic E-state index is 9.18. The molecule has 1 heterocycles. The molecular formula is C12H13ClO2. The molecule has 0 aliphatic heterocycles. The Morgan fingerprint density at radius 2 is 2.27 bits per heavy atom. The van der Waals surface area contributed by atoms with E-state index in [1.54, 1.807) is 6.92 Å². The number of fused-ring (bicyclic) bond motifs is 1. The summed E-state index contributed by atoms with van der Waals surface area (Å²) in [5, 5.41) is 10.8. The first kappa shape index (κ1) is 10.5. The van der Waals surface area contributed by atoms with Crippen LogP contribution in [0.5, 0.6) is 0 Å². The molecule has 0 amide bonds. The van der Waals surface area contributed by atoms with E-state index in [1.165, 1.54) is 0 Å². The molecule has 80 valence electrons. The molecule has 0 aliphatic rings. The third-order valence-electron chi connectivity index (χ3n) is 2.36. The van der Waals surface area contributed by atoms with Crippen LogP contribution in [0.4, 0.5) is 0 Å². The molecule has 2 aromatic rings. The molecule has 1 aromatic heterocycles. The van der Waals surface area contributed by atoms with Gasteiger partial charge in [0.05, 0.1) is 11.1 Å². The van der Waals surface area contributed by atoms with E-state index in [1.807, 2.05) is 24.3 Å². The van der Waals surface area contributed by atoms with E-state index < -0.39 is 0 Å². The summed E-state index contributed by atoms with van der Waals surface area (Å²) in [6, 6.07) is 7.66. The molecule has 0 saturated carbocycles. The molecule has 2 rings (SSSR count). The zero-order valence-corrected chi connectivity index (χ0v) is 9.29. The van der Waals surface area contributed by atoms with Crippen LogP contribution in [0.1, 0.15) is 19.1 Å². The SMILES string of the molecule is CC(O)CCc1cc2cccc(Cl)c2o1. The lowest BCUT2D eigenvalue weighted by molar-refractivity contribution is 0.182. The number of benzene rings is 1. The minimum absolute atomic E-state index is 0.298. The molecule has 0 spiro atoms. The van der Waals surface area contributed by atoms with Gasteiger partial charge in [0.1, 0.15) is 5.76 Å². The Morgan fingerprint density at radius 3 is 2.93 bits per heavy atom. The Balaban J connectivity index is 2.27. The Bertz CT molecular complexity index is 460. The number of aliphatic hydroxyl groups is 1. The lowest BCUT2D eigenvalue weighted by Crippen LogP contribution is -2.00. The fourth-order valence-corrected chi connectivity index (χ4v) is 1.78. The molecule has 15 heavy (non-hydrogen) atoms. The Hall–Kier alpha value is -0.990. The third kappa shape index (κ3) is 2.33. The fourth-order valence-electron chi connectivity index (χ4n) is 1.56. The summed E-state index contributed by atoms with van der Waals surface area (Å²) < 4.78 is 5.61. The van der Waals surface area contributed by atoms with Gasteiger partial charge in [-0.25, -0.2) is 0 Å². The highest BCUT2D eigenvalue weighted by Gasteiger charge is 2.07. The van der Waals surface area contributed by atoms with Crippen LogP contribution >= 0.6 is 11.6 Å². The van der Waals surface area contributed by atoms with E-state index >= 15 is 0 Å². The predicted molar refractivity (Wildman–Crippen MR) is 61.2 cm³/mol. The summed E-state index contributed by atoms with van der Waals surface area (Å²) in [6.07, 6.45) is 1.15. The van der Waals surface area contributed by atoms with Crippen LogP contribution in [0.3, 0.4) is 0 Å². The summed E-state index contributed by atoms with van der Waals surface area (Å²) in [5.74, 6) is 0.874. The van der Waals surface area contributed by atoms with Crippen molar-refractivity contribution in [3.63, 3.8) is 0 Å². The highest BCUT2D eigenvalue weighted by atomic mass is 35.5. The van der Waals surface area contributed by atoms with Crippen molar-refractivity contribution in [3.05, 3.63) is 35.0 Å². The minimum Gasteiger partial charge on any atom is -0.460 e. The Labute approximate surface area is 93.5 Å². The molecule has 1 unspecified atom stereocenters. The van der Waals surface area contributed by atoms with Crippen molar-refractivity contribution in [2.45, 2.75) is 25.9 Å². The van der Waals surface area contributed by atoms with Gasteiger partial charge in [-0.3, -0.25) is 0 Å². The van der Waals surface area contributed by atoms with Gasteiger partial charge in [0.15, 0.2) is 5.58 Å². The standard InChI is InChI=1S/C12H13ClO2/c1-8(14)5-6-10-7-9-3-2-4-11(13)12(9)15-10/h2-4,7-8,14H,5-6H2,1H3. The summed E-state index contributed by atoms with van der Waals surface area (Å²) in [7, 11) is 0. The zero-order valence-electron chi connectivity index (χ0n) is 8.53. The topological polar surface area (TPSA) is 33.4 Å². The average molecular weight is 225 g/mol. The highest BCUT2D eigenvalue weighted by molar-refractivity contribution is 6.34. The molecule has 0 bridgehead atoms. The second-order valence-electron chi connectivity index (χ2n) is 3.76. The molecule has 1 aromatic carbocycles. The van der Waals surface area contributed by atoms with E-state index in [0.29, 0.717) is 11.4 Å². The van der Waals surface area contributed by atoms with Crippen molar-refractivity contribution in [1.29, 1.82) is 0 Å². The van der Waals surface area contributed by atoms with Crippen LogP contribution in [-0.2, 0) is 6.42 Å². The number of aliphatic hydroxyl groups excluding tert-OH is 1. The van der Waals surface area contributed by atoms with E-state index in [9.17, 15) is 5.11 Å². The molecule has 3 heteroatoms. The van der Waals surface area contributed by atoms with Crippen molar-refractivity contribution in [2.75, 3.05) is 0 Å². The van der Waals surface area contributed by atoms with Crippen molar-refractivity contribution >= 4 is 22.6 Å². The van der Waals surface area contributed by atoms with Gasteiger partial charge in [0, 0.05) is 11.8 Å². The monoisotopic (exact) mass is 224 g/mol.